The number of halogens is 1. The summed E-state index contributed by atoms with van der Waals surface area (Å²) in [6.07, 6.45) is 1.97. The third-order valence-electron chi connectivity index (χ3n) is 4.79. The second-order valence-corrected chi connectivity index (χ2v) is 10.6. The fourth-order valence-corrected chi connectivity index (χ4v) is 5.84. The minimum absolute atomic E-state index is 0.0259. The van der Waals surface area contributed by atoms with Crippen LogP contribution in [0.2, 0.25) is 0 Å². The maximum atomic E-state index is 13.8. The molecule has 0 aliphatic heterocycles. The van der Waals surface area contributed by atoms with Crippen LogP contribution in [0.4, 0.5) is 9.52 Å². The van der Waals surface area contributed by atoms with Gasteiger partial charge in [-0.15, -0.1) is 22.0 Å². The number of rotatable bonds is 10. The molecule has 2 heterocycles. The van der Waals surface area contributed by atoms with Gasteiger partial charge in [-0.1, -0.05) is 60.4 Å². The fourth-order valence-electron chi connectivity index (χ4n) is 3.28. The largest absolute Gasteiger partial charge is 0.350 e. The predicted molar refractivity (Wildman–Crippen MR) is 136 cm³/mol. The smallest absolute Gasteiger partial charge is 0.254 e. The van der Waals surface area contributed by atoms with Gasteiger partial charge in [0.05, 0.1) is 11.3 Å². The minimum Gasteiger partial charge on any atom is -0.350 e. The summed E-state index contributed by atoms with van der Waals surface area (Å²) in [6.45, 7) is 2.89. The van der Waals surface area contributed by atoms with Crippen LogP contribution < -0.4 is 10.6 Å². The van der Waals surface area contributed by atoms with Gasteiger partial charge in [-0.05, 0) is 24.0 Å². The van der Waals surface area contributed by atoms with Gasteiger partial charge >= 0.3 is 0 Å². The standard InChI is InChI=1S/C23H22FN5O2S3/c1-2-32-23-28-27-22(34-23)26-20(30)14-33-19-13-29(18-10-6-4-8-16(18)19)12-11-25-21(31)15-7-3-5-9-17(15)24/h3-10,13H,2,11-12,14H2,1H3,(H,25,31)(H,26,27,30). The van der Waals surface area contributed by atoms with Crippen LogP contribution in [0.25, 0.3) is 10.9 Å². The Morgan fingerprint density at radius 3 is 2.71 bits per heavy atom. The lowest BCUT2D eigenvalue weighted by Crippen LogP contribution is -2.27. The number of nitrogens with zero attached hydrogens (tertiary/aromatic N) is 3. The van der Waals surface area contributed by atoms with Crippen LogP contribution in [-0.4, -0.2) is 44.6 Å². The third kappa shape index (κ3) is 5.96. The van der Waals surface area contributed by atoms with E-state index in [9.17, 15) is 14.0 Å². The lowest BCUT2D eigenvalue weighted by Gasteiger charge is -2.08. The topological polar surface area (TPSA) is 88.9 Å². The number of hydrogen-bond acceptors (Lipinski definition) is 7. The molecule has 176 valence electrons. The first kappa shape index (κ1) is 24.2. The molecule has 0 radical (unpaired) electrons. The first-order valence-electron chi connectivity index (χ1n) is 10.5. The Morgan fingerprint density at radius 1 is 1.09 bits per heavy atom. The number of carbonyl (C=O) groups excluding carboxylic acids is 2. The van der Waals surface area contributed by atoms with Crippen LogP contribution in [0, 0.1) is 5.82 Å². The molecule has 4 aromatic rings. The molecule has 34 heavy (non-hydrogen) atoms. The number of para-hydroxylation sites is 1. The minimum atomic E-state index is -0.544. The molecule has 0 bridgehead atoms. The van der Waals surface area contributed by atoms with Crippen molar-refractivity contribution in [2.45, 2.75) is 22.7 Å². The zero-order chi connectivity index (χ0) is 23.9. The SMILES string of the molecule is CCSc1nnc(NC(=O)CSc2cn(CCNC(=O)c3ccccc3F)c3ccccc23)s1. The van der Waals surface area contributed by atoms with E-state index in [2.05, 4.69) is 20.8 Å². The molecule has 0 spiro atoms. The number of aromatic nitrogens is 3. The molecule has 0 saturated heterocycles. The molecule has 0 fully saturated rings. The Balaban J connectivity index is 1.37. The Labute approximate surface area is 208 Å². The van der Waals surface area contributed by atoms with Crippen LogP contribution in [0.15, 0.2) is 64.0 Å². The highest BCUT2D eigenvalue weighted by Gasteiger charge is 2.14. The fraction of sp³-hybridized carbons (Fsp3) is 0.217. The van der Waals surface area contributed by atoms with Crippen molar-refractivity contribution in [2.24, 2.45) is 0 Å². The number of nitrogens with one attached hydrogen (secondary N) is 2. The highest BCUT2D eigenvalue weighted by Crippen LogP contribution is 2.30. The lowest BCUT2D eigenvalue weighted by atomic mass is 10.2. The number of benzene rings is 2. The molecule has 0 saturated carbocycles. The molecule has 7 nitrogen and oxygen atoms in total. The van der Waals surface area contributed by atoms with Gasteiger partial charge < -0.3 is 9.88 Å². The maximum absolute atomic E-state index is 13.8. The molecule has 0 aliphatic rings. The zero-order valence-corrected chi connectivity index (χ0v) is 20.7. The Hall–Kier alpha value is -2.89. The Morgan fingerprint density at radius 2 is 1.88 bits per heavy atom. The molecule has 0 unspecified atom stereocenters. The summed E-state index contributed by atoms with van der Waals surface area (Å²) < 4.78 is 16.7. The summed E-state index contributed by atoms with van der Waals surface area (Å²) in [7, 11) is 0. The summed E-state index contributed by atoms with van der Waals surface area (Å²) >= 11 is 4.38. The molecule has 2 amide bonds. The number of anilines is 1. The molecule has 2 N–H and O–H groups in total. The number of thioether (sulfide) groups is 2. The number of carbonyl (C=O) groups is 2. The van der Waals surface area contributed by atoms with E-state index in [4.69, 9.17) is 0 Å². The van der Waals surface area contributed by atoms with Crippen LogP contribution in [0.3, 0.4) is 0 Å². The normalized spacial score (nSPS) is 11.0. The zero-order valence-electron chi connectivity index (χ0n) is 18.3. The van der Waals surface area contributed by atoms with Crippen molar-refractivity contribution in [1.29, 1.82) is 0 Å². The van der Waals surface area contributed by atoms with Crippen molar-refractivity contribution < 1.29 is 14.0 Å². The monoisotopic (exact) mass is 515 g/mol. The molecule has 0 aliphatic carbocycles. The second-order valence-electron chi connectivity index (χ2n) is 7.08. The highest BCUT2D eigenvalue weighted by atomic mass is 32.2. The van der Waals surface area contributed by atoms with Crippen LogP contribution in [0.5, 0.6) is 0 Å². The van der Waals surface area contributed by atoms with Crippen molar-refractivity contribution in [3.05, 3.63) is 66.1 Å². The van der Waals surface area contributed by atoms with E-state index in [0.717, 1.165) is 25.9 Å². The Kier molecular flexibility index (Phi) is 8.20. The van der Waals surface area contributed by atoms with Crippen molar-refractivity contribution in [1.82, 2.24) is 20.1 Å². The van der Waals surface area contributed by atoms with E-state index in [0.29, 0.717) is 18.2 Å². The summed E-state index contributed by atoms with van der Waals surface area (Å²) in [6, 6.07) is 13.8. The molecular weight excluding hydrogens is 493 g/mol. The molecular formula is C23H22FN5O2S3. The van der Waals surface area contributed by atoms with Gasteiger partial charge in [-0.3, -0.25) is 14.9 Å². The quantitative estimate of drug-likeness (QED) is 0.231. The molecule has 11 heteroatoms. The van der Waals surface area contributed by atoms with Crippen LogP contribution in [0.1, 0.15) is 17.3 Å². The first-order chi connectivity index (χ1) is 16.5. The molecule has 4 rings (SSSR count). The number of fused-ring (bicyclic) bond motifs is 1. The van der Waals surface area contributed by atoms with Gasteiger partial charge in [-0.25, -0.2) is 4.39 Å². The average molecular weight is 516 g/mol. The van der Waals surface area contributed by atoms with Gasteiger partial charge in [0.1, 0.15) is 5.82 Å². The van der Waals surface area contributed by atoms with Crippen molar-refractivity contribution in [3.63, 3.8) is 0 Å². The highest BCUT2D eigenvalue weighted by molar-refractivity contribution is 8.01. The van der Waals surface area contributed by atoms with E-state index in [-0.39, 0.29) is 17.2 Å². The van der Waals surface area contributed by atoms with E-state index in [1.807, 2.05) is 42.0 Å². The van der Waals surface area contributed by atoms with Crippen molar-refractivity contribution in [3.8, 4) is 0 Å². The average Bonchev–Trinajstić information content (AvgIpc) is 3.42. The van der Waals surface area contributed by atoms with Gasteiger partial charge in [-0.2, -0.15) is 0 Å². The maximum Gasteiger partial charge on any atom is 0.254 e. The summed E-state index contributed by atoms with van der Waals surface area (Å²) in [5, 5.41) is 15.1. The van der Waals surface area contributed by atoms with E-state index in [1.54, 1.807) is 23.9 Å². The van der Waals surface area contributed by atoms with E-state index >= 15 is 0 Å². The van der Waals surface area contributed by atoms with Gasteiger partial charge in [0, 0.05) is 35.1 Å². The van der Waals surface area contributed by atoms with Crippen molar-refractivity contribution in [2.75, 3.05) is 23.4 Å². The van der Waals surface area contributed by atoms with Gasteiger partial charge in [0.2, 0.25) is 11.0 Å². The summed E-state index contributed by atoms with van der Waals surface area (Å²) in [5.41, 5.74) is 1.02. The second kappa shape index (κ2) is 11.5. The summed E-state index contributed by atoms with van der Waals surface area (Å²) in [5.74, 6) is -0.0122. The van der Waals surface area contributed by atoms with Crippen molar-refractivity contribution >= 4 is 62.7 Å². The van der Waals surface area contributed by atoms with Crippen LogP contribution in [-0.2, 0) is 11.3 Å². The molecule has 2 aromatic carbocycles. The number of amides is 2. The van der Waals surface area contributed by atoms with E-state index < -0.39 is 11.7 Å². The van der Waals surface area contributed by atoms with Crippen LogP contribution >= 0.6 is 34.9 Å². The van der Waals surface area contributed by atoms with Gasteiger partial charge in [0.15, 0.2) is 4.34 Å². The van der Waals surface area contributed by atoms with Gasteiger partial charge in [0.25, 0.3) is 5.91 Å². The Bertz CT molecular complexity index is 1310. The lowest BCUT2D eigenvalue weighted by molar-refractivity contribution is -0.113. The summed E-state index contributed by atoms with van der Waals surface area (Å²) in [4.78, 5) is 25.7. The first-order valence-corrected chi connectivity index (χ1v) is 13.3. The number of hydrogen-bond donors (Lipinski definition) is 2. The third-order valence-corrected chi connectivity index (χ3v) is 7.69. The molecule has 2 aromatic heterocycles. The van der Waals surface area contributed by atoms with E-state index in [1.165, 1.54) is 35.2 Å². The molecule has 0 atom stereocenters. The predicted octanol–water partition coefficient (Wildman–Crippen LogP) is 4.90.